The van der Waals surface area contributed by atoms with E-state index < -0.39 is 0 Å². The Balaban J connectivity index is 1.17. The average molecular weight is 818 g/mol. The molecule has 0 unspecified atom stereocenters. The van der Waals surface area contributed by atoms with Crippen molar-refractivity contribution in [1.82, 2.24) is 4.57 Å². The fourth-order valence-corrected chi connectivity index (χ4v) is 12.4. The van der Waals surface area contributed by atoms with Gasteiger partial charge in [0.2, 0.25) is 0 Å². The summed E-state index contributed by atoms with van der Waals surface area (Å²) in [6.07, 6.45) is 2.34. The molecule has 63 heavy (non-hydrogen) atoms. The smallest absolute Gasteiger partial charge is 0.197 e. The van der Waals surface area contributed by atoms with Crippen LogP contribution in [0.15, 0.2) is 121 Å². The molecule has 0 amide bonds. The second kappa shape index (κ2) is 12.5. The van der Waals surface area contributed by atoms with Gasteiger partial charge in [-0.3, -0.25) is 0 Å². The lowest BCUT2D eigenvalue weighted by Crippen LogP contribution is -2.38. The molecule has 0 spiro atoms. The van der Waals surface area contributed by atoms with Gasteiger partial charge in [-0.2, -0.15) is 0 Å². The molecule has 3 aliphatic carbocycles. The minimum Gasteiger partial charge on any atom is -0.355 e. The van der Waals surface area contributed by atoms with Gasteiger partial charge in [-0.05, 0) is 138 Å². The van der Waals surface area contributed by atoms with Crippen molar-refractivity contribution in [3.63, 3.8) is 0 Å². The van der Waals surface area contributed by atoms with Crippen molar-refractivity contribution in [2.75, 3.05) is 5.32 Å². The van der Waals surface area contributed by atoms with E-state index in [1.165, 1.54) is 129 Å². The second-order valence-corrected chi connectivity index (χ2v) is 22.7. The van der Waals surface area contributed by atoms with Crippen molar-refractivity contribution >= 4 is 51.4 Å². The van der Waals surface area contributed by atoms with Crippen LogP contribution in [0.2, 0.25) is 0 Å². The lowest BCUT2D eigenvalue weighted by atomic mass is 9.57. The summed E-state index contributed by atoms with van der Waals surface area (Å²) in [5.41, 5.74) is 26.6. The maximum atomic E-state index is 4.03. The zero-order valence-electron chi connectivity index (χ0n) is 39.0. The van der Waals surface area contributed by atoms with Crippen molar-refractivity contribution in [3.8, 4) is 39.1 Å². The number of rotatable bonds is 3. The fraction of sp³-hybridized carbons (Fsp3) is 0.300. The molecule has 12 rings (SSSR count). The molecule has 1 aromatic heterocycles. The maximum absolute atomic E-state index is 4.03. The van der Waals surface area contributed by atoms with Gasteiger partial charge >= 0.3 is 0 Å². The largest absolute Gasteiger partial charge is 0.355 e. The minimum atomic E-state index is -0.102. The van der Waals surface area contributed by atoms with Crippen LogP contribution in [-0.4, -0.2) is 11.8 Å². The average Bonchev–Trinajstić information content (AvgIpc) is 3.79. The summed E-state index contributed by atoms with van der Waals surface area (Å²) in [5.74, 6) is 0. The molecule has 1 radical (unpaired) electrons. The molecule has 0 fully saturated rings. The van der Waals surface area contributed by atoms with Crippen LogP contribution in [0.4, 0.5) is 11.4 Å². The first-order valence-electron chi connectivity index (χ1n) is 23.3. The first-order valence-corrected chi connectivity index (χ1v) is 23.3. The molecule has 2 nitrogen and oxygen atoms in total. The Labute approximate surface area is 375 Å². The highest BCUT2D eigenvalue weighted by Crippen LogP contribution is 2.55. The molecule has 1 aliphatic heterocycles. The Morgan fingerprint density at radius 2 is 1.17 bits per heavy atom. The van der Waals surface area contributed by atoms with Gasteiger partial charge in [0.05, 0.1) is 5.52 Å². The normalized spacial score (nSPS) is 17.6. The van der Waals surface area contributed by atoms with Gasteiger partial charge < -0.3 is 9.88 Å². The predicted molar refractivity (Wildman–Crippen MR) is 270 cm³/mol. The molecule has 0 bridgehead atoms. The van der Waals surface area contributed by atoms with Crippen molar-refractivity contribution in [2.45, 2.75) is 116 Å². The number of nitrogens with zero attached hydrogens (tertiary/aromatic N) is 1. The first kappa shape index (κ1) is 38.8. The standard InChI is InChI=1S/C60H58BN2/c1-56(2,3)34-20-22-35(23-21-34)62-49-33-47-46(57(4,5)28-29-58(47,6)7)30-41(49)37-24-25-39-53-50(27-26-44-52(53)38-17-13-15-19-43(38)59(44,8)9)63-51-31-40-36-16-12-14-18-42(36)60(10,11)45(40)32-48(51)61-54(37)55(39)63/h12-27,30-33,62H,28-29H2,1-11H3. The van der Waals surface area contributed by atoms with Gasteiger partial charge in [0.25, 0.3) is 0 Å². The number of nitrogens with one attached hydrogen (secondary N) is 1. The number of benzene rings is 7. The van der Waals surface area contributed by atoms with Gasteiger partial charge in [0.1, 0.15) is 0 Å². The number of anilines is 2. The van der Waals surface area contributed by atoms with Gasteiger partial charge in [0.15, 0.2) is 7.28 Å². The number of hydrogen-bond acceptors (Lipinski definition) is 1. The van der Waals surface area contributed by atoms with Crippen molar-refractivity contribution in [3.05, 3.63) is 160 Å². The van der Waals surface area contributed by atoms with Gasteiger partial charge in [0, 0.05) is 49.7 Å². The van der Waals surface area contributed by atoms with E-state index in [4.69, 9.17) is 0 Å². The predicted octanol–water partition coefficient (Wildman–Crippen LogP) is 14.4. The van der Waals surface area contributed by atoms with E-state index in [9.17, 15) is 0 Å². The topological polar surface area (TPSA) is 17.0 Å². The van der Waals surface area contributed by atoms with E-state index in [1.807, 2.05) is 0 Å². The van der Waals surface area contributed by atoms with E-state index in [0.29, 0.717) is 0 Å². The fourth-order valence-electron chi connectivity index (χ4n) is 12.4. The van der Waals surface area contributed by atoms with Crippen LogP contribution < -0.4 is 16.2 Å². The summed E-state index contributed by atoms with van der Waals surface area (Å²) in [4.78, 5) is 0. The summed E-state index contributed by atoms with van der Waals surface area (Å²) in [7, 11) is 2.54. The molecule has 7 aromatic carbocycles. The van der Waals surface area contributed by atoms with Crippen molar-refractivity contribution in [1.29, 1.82) is 0 Å². The van der Waals surface area contributed by atoms with Gasteiger partial charge in [-0.25, -0.2) is 0 Å². The number of aromatic nitrogens is 1. The van der Waals surface area contributed by atoms with Crippen LogP contribution >= 0.6 is 0 Å². The van der Waals surface area contributed by atoms with E-state index in [2.05, 4.69) is 215 Å². The Kier molecular flexibility index (Phi) is 7.69. The first-order chi connectivity index (χ1) is 29.9. The third kappa shape index (κ3) is 5.26. The summed E-state index contributed by atoms with van der Waals surface area (Å²) >= 11 is 0. The van der Waals surface area contributed by atoms with Gasteiger partial charge in [-0.15, -0.1) is 0 Å². The van der Waals surface area contributed by atoms with Crippen LogP contribution in [-0.2, 0) is 27.1 Å². The van der Waals surface area contributed by atoms with Crippen LogP contribution in [0.3, 0.4) is 0 Å². The molecule has 0 saturated carbocycles. The van der Waals surface area contributed by atoms with Crippen molar-refractivity contribution in [2.24, 2.45) is 0 Å². The molecule has 0 atom stereocenters. The Hall–Kier alpha value is -5.80. The van der Waals surface area contributed by atoms with E-state index >= 15 is 0 Å². The SMILES string of the molecule is CC(C)(C)c1ccc(Nc2cc3c(cc2-c2ccc4c5c6c(ccc5n5c4c2[B]c2cc4c(cc2-5)-c2ccccc2C4(C)C)C(C)(C)c2ccccc2-6)C(C)(C)CCC3(C)C)cc1. The lowest BCUT2D eigenvalue weighted by Gasteiger charge is -2.42. The molecule has 2 heterocycles. The highest BCUT2D eigenvalue weighted by atomic mass is 15.0. The Bertz CT molecular complexity index is 3310. The molecule has 1 N–H and O–H groups in total. The number of fused-ring (bicyclic) bond motifs is 13. The minimum absolute atomic E-state index is 0.0565. The van der Waals surface area contributed by atoms with Gasteiger partial charge in [-0.1, -0.05) is 167 Å². The van der Waals surface area contributed by atoms with Crippen LogP contribution in [0, 0.1) is 0 Å². The monoisotopic (exact) mass is 817 g/mol. The molecular weight excluding hydrogens is 759 g/mol. The van der Waals surface area contributed by atoms with E-state index in [-0.39, 0.29) is 27.1 Å². The summed E-state index contributed by atoms with van der Waals surface area (Å²) in [6, 6.07) is 47.3. The van der Waals surface area contributed by atoms with Crippen LogP contribution in [0.25, 0.3) is 60.9 Å². The lowest BCUT2D eigenvalue weighted by molar-refractivity contribution is 0.332. The van der Waals surface area contributed by atoms with E-state index in [1.54, 1.807) is 0 Å². The molecule has 0 saturated heterocycles. The molecule has 8 aromatic rings. The zero-order chi connectivity index (χ0) is 43.7. The van der Waals surface area contributed by atoms with Crippen LogP contribution in [0.5, 0.6) is 0 Å². The summed E-state index contributed by atoms with van der Waals surface area (Å²) in [5, 5.41) is 6.72. The molecule has 311 valence electrons. The second-order valence-electron chi connectivity index (χ2n) is 22.7. The van der Waals surface area contributed by atoms with Crippen molar-refractivity contribution < 1.29 is 0 Å². The maximum Gasteiger partial charge on any atom is 0.197 e. The molecular formula is C60H58BN2. The molecule has 3 heteroatoms. The Morgan fingerprint density at radius 1 is 0.540 bits per heavy atom. The molecule has 4 aliphatic rings. The Morgan fingerprint density at radius 3 is 1.87 bits per heavy atom. The highest BCUT2D eigenvalue weighted by molar-refractivity contribution is 6.73. The summed E-state index contributed by atoms with van der Waals surface area (Å²) < 4.78 is 2.64. The van der Waals surface area contributed by atoms with Crippen LogP contribution in [0.1, 0.15) is 128 Å². The third-order valence-electron chi connectivity index (χ3n) is 16.3. The number of hydrogen-bond donors (Lipinski definition) is 1. The van der Waals surface area contributed by atoms with E-state index in [0.717, 1.165) is 5.69 Å². The zero-order valence-corrected chi connectivity index (χ0v) is 39.0. The highest BCUT2D eigenvalue weighted by Gasteiger charge is 2.42. The third-order valence-corrected chi connectivity index (χ3v) is 16.3. The summed E-state index contributed by atoms with van der Waals surface area (Å²) in [6.45, 7) is 26.3. The quantitative estimate of drug-likeness (QED) is 0.176.